The Morgan fingerprint density at radius 3 is 2.27 bits per heavy atom. The number of fused-ring (bicyclic) bond motifs is 1. The molecule has 8 nitrogen and oxygen atoms in total. The maximum atomic E-state index is 14.9. The lowest BCUT2D eigenvalue weighted by atomic mass is 10.1. The summed E-state index contributed by atoms with van der Waals surface area (Å²) in [5.74, 6) is -0.516. The summed E-state index contributed by atoms with van der Waals surface area (Å²) < 4.78 is 41.7. The van der Waals surface area contributed by atoms with E-state index in [1.807, 2.05) is 32.8 Å². The Labute approximate surface area is 218 Å². The van der Waals surface area contributed by atoms with Crippen LogP contribution in [0, 0.1) is 12.7 Å². The Balaban J connectivity index is 0.00000106. The fraction of sp³-hybridized carbons (Fsp3) is 0.440. The highest BCUT2D eigenvalue weighted by molar-refractivity contribution is 6.92. The van der Waals surface area contributed by atoms with Crippen molar-refractivity contribution < 1.29 is 18.0 Å². The first-order chi connectivity index (χ1) is 17.3. The number of aromatic nitrogens is 3. The van der Waals surface area contributed by atoms with E-state index < -0.39 is 23.5 Å². The SMILES string of the molecule is CC.CNC.Cc1nc2ccc(CN3CCN(c4ccc(C=O)nc4C(F)F)CC3)c(F)c2[nH]c1=O.P. The third kappa shape index (κ3) is 8.05. The molecule has 2 aromatic heterocycles. The summed E-state index contributed by atoms with van der Waals surface area (Å²) in [4.78, 5) is 36.8. The Bertz CT molecular complexity index is 1220. The zero-order chi connectivity index (χ0) is 26.8. The highest BCUT2D eigenvalue weighted by atomic mass is 31.0. The first kappa shape index (κ1) is 32.1. The number of pyridine rings is 1. The molecule has 1 fully saturated rings. The zero-order valence-electron chi connectivity index (χ0n) is 21.9. The third-order valence-corrected chi connectivity index (χ3v) is 5.41. The fourth-order valence-electron chi connectivity index (χ4n) is 3.74. The maximum absolute atomic E-state index is 14.9. The van der Waals surface area contributed by atoms with E-state index in [-0.39, 0.29) is 26.8 Å². The molecule has 0 aliphatic carbocycles. The molecule has 2 N–H and O–H groups in total. The summed E-state index contributed by atoms with van der Waals surface area (Å²) in [6.45, 7) is 7.83. The van der Waals surface area contributed by atoms with Crippen LogP contribution in [0.15, 0.2) is 29.1 Å². The Morgan fingerprint density at radius 2 is 1.70 bits per heavy atom. The van der Waals surface area contributed by atoms with Crippen LogP contribution in [0.25, 0.3) is 11.0 Å². The van der Waals surface area contributed by atoms with Gasteiger partial charge in [-0.2, -0.15) is 9.90 Å². The smallest absolute Gasteiger partial charge is 0.282 e. The number of rotatable bonds is 5. The van der Waals surface area contributed by atoms with Gasteiger partial charge in [0.05, 0.1) is 11.2 Å². The minimum Gasteiger partial charge on any atom is -0.367 e. The molecule has 1 aliphatic rings. The topological polar surface area (TPSA) is 94.2 Å². The third-order valence-electron chi connectivity index (χ3n) is 5.41. The van der Waals surface area contributed by atoms with Gasteiger partial charge in [-0.15, -0.1) is 0 Å². The molecule has 3 aromatic rings. The molecule has 1 atom stereocenters. The van der Waals surface area contributed by atoms with Crippen LogP contribution in [0.3, 0.4) is 0 Å². The summed E-state index contributed by atoms with van der Waals surface area (Å²) in [6.07, 6.45) is -2.35. The monoisotopic (exact) mass is 540 g/mol. The molecule has 3 heterocycles. The van der Waals surface area contributed by atoms with E-state index in [0.29, 0.717) is 55.8 Å². The van der Waals surface area contributed by atoms with Gasteiger partial charge < -0.3 is 15.2 Å². The number of aromatic amines is 1. The number of piperazine rings is 1. The lowest BCUT2D eigenvalue weighted by Crippen LogP contribution is -2.46. The lowest BCUT2D eigenvalue weighted by molar-refractivity contribution is 0.111. The number of anilines is 1. The van der Waals surface area contributed by atoms with Crippen molar-refractivity contribution in [2.45, 2.75) is 33.7 Å². The number of carbonyl (C=O) groups is 1. The van der Waals surface area contributed by atoms with Crippen LogP contribution < -0.4 is 15.8 Å². The van der Waals surface area contributed by atoms with Crippen LogP contribution in [0.5, 0.6) is 0 Å². The highest BCUT2D eigenvalue weighted by Crippen LogP contribution is 2.29. The summed E-state index contributed by atoms with van der Waals surface area (Å²) in [5.41, 5.74) is 0.584. The van der Waals surface area contributed by atoms with Gasteiger partial charge >= 0.3 is 0 Å². The molecule has 4 rings (SSSR count). The molecule has 1 aliphatic heterocycles. The van der Waals surface area contributed by atoms with Gasteiger partial charge in [-0.05, 0) is 39.2 Å². The number of aryl methyl sites for hydroxylation is 1. The highest BCUT2D eigenvalue weighted by Gasteiger charge is 2.24. The van der Waals surface area contributed by atoms with Crippen molar-refractivity contribution in [3.8, 4) is 0 Å². The quantitative estimate of drug-likeness (QED) is 0.376. The van der Waals surface area contributed by atoms with Crippen LogP contribution in [0.1, 0.15) is 47.7 Å². The molecular formula is C25H36F3N6O2P. The van der Waals surface area contributed by atoms with Crippen molar-refractivity contribution in [3.05, 3.63) is 63.1 Å². The molecule has 37 heavy (non-hydrogen) atoms. The largest absolute Gasteiger partial charge is 0.367 e. The van der Waals surface area contributed by atoms with E-state index in [1.54, 1.807) is 24.0 Å². The minimum absolute atomic E-state index is 0. The number of carbonyl (C=O) groups excluding carboxylic acids is 1. The normalized spacial score (nSPS) is 13.3. The van der Waals surface area contributed by atoms with Gasteiger partial charge in [0.25, 0.3) is 12.0 Å². The molecule has 1 saturated heterocycles. The van der Waals surface area contributed by atoms with Gasteiger partial charge in [-0.25, -0.2) is 23.1 Å². The average molecular weight is 541 g/mol. The van der Waals surface area contributed by atoms with Crippen molar-refractivity contribution in [1.82, 2.24) is 25.2 Å². The van der Waals surface area contributed by atoms with Gasteiger partial charge in [-0.1, -0.05) is 19.9 Å². The van der Waals surface area contributed by atoms with Crippen LogP contribution in [-0.2, 0) is 6.54 Å². The van der Waals surface area contributed by atoms with Crippen LogP contribution in [0.2, 0.25) is 0 Å². The van der Waals surface area contributed by atoms with E-state index in [9.17, 15) is 22.8 Å². The number of aldehydes is 1. The van der Waals surface area contributed by atoms with E-state index in [0.717, 1.165) is 0 Å². The summed E-state index contributed by atoms with van der Waals surface area (Å²) in [6, 6.07) is 6.22. The number of H-pyrrole nitrogens is 1. The van der Waals surface area contributed by atoms with Crippen LogP contribution in [0.4, 0.5) is 18.9 Å². The summed E-state index contributed by atoms with van der Waals surface area (Å²) in [7, 11) is 3.75. The lowest BCUT2D eigenvalue weighted by Gasteiger charge is -2.36. The van der Waals surface area contributed by atoms with Crippen molar-refractivity contribution in [2.24, 2.45) is 0 Å². The van der Waals surface area contributed by atoms with Crippen molar-refractivity contribution in [1.29, 1.82) is 0 Å². The Kier molecular flexibility index (Phi) is 13.4. The van der Waals surface area contributed by atoms with E-state index in [2.05, 4.69) is 20.3 Å². The molecule has 0 saturated carbocycles. The number of halogens is 3. The number of hydrogen-bond donors (Lipinski definition) is 2. The van der Waals surface area contributed by atoms with Crippen LogP contribution >= 0.6 is 9.90 Å². The number of hydrogen-bond acceptors (Lipinski definition) is 7. The van der Waals surface area contributed by atoms with Gasteiger partial charge in [0.2, 0.25) is 0 Å². The molecular weight excluding hydrogens is 504 g/mol. The molecule has 0 spiro atoms. The van der Waals surface area contributed by atoms with E-state index >= 15 is 0 Å². The van der Waals surface area contributed by atoms with Gasteiger partial charge in [0.1, 0.15) is 22.6 Å². The number of benzene rings is 1. The summed E-state index contributed by atoms with van der Waals surface area (Å²) >= 11 is 0. The minimum atomic E-state index is -2.79. The van der Waals surface area contributed by atoms with Gasteiger partial charge in [-0.3, -0.25) is 14.5 Å². The van der Waals surface area contributed by atoms with Crippen molar-refractivity contribution >= 4 is 32.9 Å². The first-order valence-corrected chi connectivity index (χ1v) is 11.8. The average Bonchev–Trinajstić information content (AvgIpc) is 2.89. The fourth-order valence-corrected chi connectivity index (χ4v) is 3.74. The molecule has 1 unspecified atom stereocenters. The number of alkyl halides is 2. The molecule has 0 radical (unpaired) electrons. The second-order valence-electron chi connectivity index (χ2n) is 7.91. The van der Waals surface area contributed by atoms with Gasteiger partial charge in [0.15, 0.2) is 12.1 Å². The van der Waals surface area contributed by atoms with Crippen molar-refractivity contribution in [2.75, 3.05) is 45.2 Å². The van der Waals surface area contributed by atoms with Crippen LogP contribution in [-0.4, -0.2) is 66.4 Å². The number of nitrogens with zero attached hydrogens (tertiary/aromatic N) is 4. The zero-order valence-corrected chi connectivity index (χ0v) is 23.4. The predicted octanol–water partition coefficient (Wildman–Crippen LogP) is 3.76. The number of nitrogens with one attached hydrogen (secondary N) is 2. The molecule has 204 valence electrons. The molecule has 12 heteroatoms. The predicted molar refractivity (Wildman–Crippen MR) is 147 cm³/mol. The molecule has 1 aromatic carbocycles. The van der Waals surface area contributed by atoms with Crippen molar-refractivity contribution in [3.63, 3.8) is 0 Å². The van der Waals surface area contributed by atoms with Gasteiger partial charge in [0, 0.05) is 38.3 Å². The Hall–Kier alpha value is -2.88. The summed E-state index contributed by atoms with van der Waals surface area (Å²) in [5, 5.41) is 2.75. The standard InChI is InChI=1S/C21H20F3N5O2.C2H7N.C2H6.H3P/c1-12-21(31)27-18-15(25-12)4-2-13(17(18)22)10-28-6-8-29(9-7-28)16-5-3-14(11-30)26-19(16)20(23)24;1-3-2;1-2;/h2-5,11,20H,6-10H2,1H3,(H,27,31);3H,1-2H3;1-2H3;1H3. The van der Waals surface area contributed by atoms with E-state index in [1.165, 1.54) is 12.1 Å². The second-order valence-corrected chi connectivity index (χ2v) is 7.91. The maximum Gasteiger partial charge on any atom is 0.282 e. The molecule has 0 amide bonds. The van der Waals surface area contributed by atoms with E-state index in [4.69, 9.17) is 0 Å². The first-order valence-electron chi connectivity index (χ1n) is 11.8. The second kappa shape index (κ2) is 15.4. The molecule has 0 bridgehead atoms. The Morgan fingerprint density at radius 1 is 1.08 bits per heavy atom.